The van der Waals surface area contributed by atoms with Gasteiger partial charge in [0.1, 0.15) is 22.2 Å². The molecule has 7 heteroatoms. The molecule has 0 radical (unpaired) electrons. The van der Waals surface area contributed by atoms with Crippen molar-refractivity contribution in [3.05, 3.63) is 54.2 Å². The summed E-state index contributed by atoms with van der Waals surface area (Å²) in [5.74, 6) is 2.25. The summed E-state index contributed by atoms with van der Waals surface area (Å²) in [6, 6.07) is 12.2. The normalized spacial score (nSPS) is 13.4. The minimum Gasteiger partial charge on any atom is -0.497 e. The molecular weight excluding hydrogens is 396 g/mol. The fourth-order valence-corrected chi connectivity index (χ4v) is 4.08. The summed E-state index contributed by atoms with van der Waals surface area (Å²) in [6.45, 7) is 0.946. The summed E-state index contributed by atoms with van der Waals surface area (Å²) in [4.78, 5) is 16.1. The average Bonchev–Trinajstić information content (AvgIpc) is 3.45. The molecule has 6 nitrogen and oxygen atoms in total. The van der Waals surface area contributed by atoms with Gasteiger partial charge in [0.15, 0.2) is 0 Å². The maximum absolute atomic E-state index is 5.50. The van der Waals surface area contributed by atoms with Crippen LogP contribution < -0.4 is 14.4 Å². The molecule has 30 heavy (non-hydrogen) atoms. The molecular formula is C23H22N4O2S. The zero-order valence-electron chi connectivity index (χ0n) is 16.9. The topological polar surface area (TPSA) is 60.4 Å². The molecule has 0 bridgehead atoms. The number of rotatable bonds is 7. The molecule has 5 rings (SSSR count). The Hall–Kier alpha value is -3.19. The van der Waals surface area contributed by atoms with Gasteiger partial charge in [-0.2, -0.15) is 0 Å². The van der Waals surface area contributed by atoms with Gasteiger partial charge in [-0.05, 0) is 37.0 Å². The van der Waals surface area contributed by atoms with Crippen LogP contribution >= 0.6 is 11.3 Å². The van der Waals surface area contributed by atoms with Crippen LogP contribution in [0.2, 0.25) is 0 Å². The van der Waals surface area contributed by atoms with Crippen molar-refractivity contribution in [2.24, 2.45) is 5.92 Å². The Balaban J connectivity index is 1.58. The van der Waals surface area contributed by atoms with Gasteiger partial charge in [-0.1, -0.05) is 0 Å². The first-order valence-corrected chi connectivity index (χ1v) is 10.8. The van der Waals surface area contributed by atoms with Crippen LogP contribution in [0.5, 0.6) is 11.5 Å². The van der Waals surface area contributed by atoms with Crippen molar-refractivity contribution in [1.29, 1.82) is 0 Å². The number of hydrogen-bond donors (Lipinski definition) is 0. The van der Waals surface area contributed by atoms with Crippen LogP contribution in [-0.2, 0) is 0 Å². The fraction of sp³-hybridized carbons (Fsp3) is 0.261. The lowest BCUT2D eigenvalue weighted by molar-refractivity contribution is 0.394. The van der Waals surface area contributed by atoms with Gasteiger partial charge in [-0.3, -0.25) is 4.98 Å². The molecule has 152 valence electrons. The summed E-state index contributed by atoms with van der Waals surface area (Å²) in [5.41, 5.74) is 4.65. The largest absolute Gasteiger partial charge is 0.497 e. The van der Waals surface area contributed by atoms with Crippen molar-refractivity contribution in [3.8, 4) is 22.2 Å². The van der Waals surface area contributed by atoms with E-state index < -0.39 is 0 Å². The zero-order valence-corrected chi connectivity index (χ0v) is 17.7. The molecule has 0 saturated heterocycles. The lowest BCUT2D eigenvalue weighted by atomic mass is 10.2. The molecule has 2 heterocycles. The van der Waals surface area contributed by atoms with Crippen molar-refractivity contribution >= 4 is 33.7 Å². The standard InChI is InChI=1S/C23H22N4O2S/c1-28-18-9-17(10-19(12-18)29-2)27(14-15-3-4-15)16-5-6-20-21(11-16)26-22(13-25-20)23-24-7-8-30-23/h5-13,15H,3-4,14H2,1-2H3. The average molecular weight is 419 g/mol. The Labute approximate surface area is 179 Å². The molecule has 1 aliphatic rings. The van der Waals surface area contributed by atoms with E-state index in [-0.39, 0.29) is 0 Å². The van der Waals surface area contributed by atoms with Gasteiger partial charge in [0.2, 0.25) is 0 Å². The number of benzene rings is 2. The Kier molecular flexibility index (Phi) is 4.96. The van der Waals surface area contributed by atoms with Gasteiger partial charge >= 0.3 is 0 Å². The molecule has 0 unspecified atom stereocenters. The molecule has 2 aromatic carbocycles. The van der Waals surface area contributed by atoms with Crippen molar-refractivity contribution in [3.63, 3.8) is 0 Å². The van der Waals surface area contributed by atoms with Gasteiger partial charge < -0.3 is 14.4 Å². The molecule has 0 N–H and O–H groups in total. The minimum atomic E-state index is 0.700. The van der Waals surface area contributed by atoms with Crippen LogP contribution in [0.4, 0.5) is 11.4 Å². The number of nitrogens with zero attached hydrogens (tertiary/aromatic N) is 4. The maximum Gasteiger partial charge on any atom is 0.143 e. The number of ether oxygens (including phenoxy) is 2. The van der Waals surface area contributed by atoms with E-state index in [0.717, 1.165) is 51.2 Å². The second kappa shape index (κ2) is 7.91. The second-order valence-electron chi connectivity index (χ2n) is 7.39. The number of thiazole rings is 1. The highest BCUT2D eigenvalue weighted by Gasteiger charge is 2.26. The molecule has 1 aliphatic carbocycles. The number of methoxy groups -OCH3 is 2. The van der Waals surface area contributed by atoms with Gasteiger partial charge in [0.05, 0.1) is 31.4 Å². The number of aromatic nitrogens is 3. The molecule has 1 saturated carbocycles. The monoisotopic (exact) mass is 418 g/mol. The Morgan fingerprint density at radius 2 is 1.77 bits per heavy atom. The van der Waals surface area contributed by atoms with Crippen LogP contribution in [0, 0.1) is 5.92 Å². The summed E-state index contributed by atoms with van der Waals surface area (Å²) in [5, 5.41) is 2.83. The third-order valence-electron chi connectivity index (χ3n) is 5.27. The molecule has 0 aliphatic heterocycles. The highest BCUT2D eigenvalue weighted by molar-refractivity contribution is 7.13. The Bertz CT molecular complexity index is 1150. The van der Waals surface area contributed by atoms with Crippen molar-refractivity contribution < 1.29 is 9.47 Å². The molecule has 4 aromatic rings. The van der Waals surface area contributed by atoms with Crippen LogP contribution in [0.1, 0.15) is 12.8 Å². The molecule has 0 amide bonds. The first kappa shape index (κ1) is 18.8. The molecule has 1 fully saturated rings. The van der Waals surface area contributed by atoms with Crippen molar-refractivity contribution in [2.45, 2.75) is 12.8 Å². The first-order chi connectivity index (χ1) is 14.7. The number of fused-ring (bicyclic) bond motifs is 1. The van der Waals surface area contributed by atoms with E-state index in [9.17, 15) is 0 Å². The molecule has 0 atom stereocenters. The van der Waals surface area contributed by atoms with E-state index in [2.05, 4.69) is 27.0 Å². The summed E-state index contributed by atoms with van der Waals surface area (Å²) in [7, 11) is 3.35. The SMILES string of the molecule is COc1cc(OC)cc(N(CC2CC2)c2ccc3ncc(-c4nccs4)nc3c2)c1. The minimum absolute atomic E-state index is 0.700. The quantitative estimate of drug-likeness (QED) is 0.405. The van der Waals surface area contributed by atoms with E-state index in [4.69, 9.17) is 14.5 Å². The number of hydrogen-bond acceptors (Lipinski definition) is 7. The van der Waals surface area contributed by atoms with E-state index in [1.54, 1.807) is 38.0 Å². The van der Waals surface area contributed by atoms with E-state index in [1.807, 2.05) is 29.6 Å². The maximum atomic E-state index is 5.50. The van der Waals surface area contributed by atoms with Crippen LogP contribution in [0.25, 0.3) is 21.7 Å². The van der Waals surface area contributed by atoms with Gasteiger partial charge in [0, 0.05) is 47.7 Å². The van der Waals surface area contributed by atoms with Crippen LogP contribution in [-0.4, -0.2) is 35.7 Å². The zero-order chi connectivity index (χ0) is 20.5. The fourth-order valence-electron chi connectivity index (χ4n) is 3.49. The number of anilines is 2. The van der Waals surface area contributed by atoms with E-state index in [1.165, 1.54) is 12.8 Å². The van der Waals surface area contributed by atoms with Gasteiger partial charge in [-0.25, -0.2) is 9.97 Å². The van der Waals surface area contributed by atoms with E-state index >= 15 is 0 Å². The summed E-state index contributed by atoms with van der Waals surface area (Å²) < 4.78 is 11.0. The predicted molar refractivity (Wildman–Crippen MR) is 120 cm³/mol. The third kappa shape index (κ3) is 3.80. The van der Waals surface area contributed by atoms with Crippen LogP contribution in [0.15, 0.2) is 54.2 Å². The highest BCUT2D eigenvalue weighted by atomic mass is 32.1. The first-order valence-electron chi connectivity index (χ1n) is 9.91. The van der Waals surface area contributed by atoms with E-state index in [0.29, 0.717) is 5.92 Å². The van der Waals surface area contributed by atoms with Gasteiger partial charge in [0.25, 0.3) is 0 Å². The van der Waals surface area contributed by atoms with Crippen LogP contribution in [0.3, 0.4) is 0 Å². The molecule has 0 spiro atoms. The van der Waals surface area contributed by atoms with Crippen molar-refractivity contribution in [1.82, 2.24) is 15.0 Å². The molecule has 2 aromatic heterocycles. The lowest BCUT2D eigenvalue weighted by Gasteiger charge is -2.26. The second-order valence-corrected chi connectivity index (χ2v) is 8.28. The highest BCUT2D eigenvalue weighted by Crippen LogP contribution is 2.38. The van der Waals surface area contributed by atoms with Gasteiger partial charge in [-0.15, -0.1) is 11.3 Å². The van der Waals surface area contributed by atoms with Crippen molar-refractivity contribution in [2.75, 3.05) is 25.7 Å². The Morgan fingerprint density at radius 3 is 2.43 bits per heavy atom. The summed E-state index contributed by atoms with van der Waals surface area (Å²) in [6.07, 6.45) is 6.10. The predicted octanol–water partition coefficient (Wildman–Crippen LogP) is 5.32. The third-order valence-corrected chi connectivity index (χ3v) is 6.07. The summed E-state index contributed by atoms with van der Waals surface area (Å²) >= 11 is 1.56. The lowest BCUT2D eigenvalue weighted by Crippen LogP contribution is -2.20. The smallest absolute Gasteiger partial charge is 0.143 e. The Morgan fingerprint density at radius 1 is 0.967 bits per heavy atom.